The quantitative estimate of drug-likeness (QED) is 0.213. The second-order valence-electron chi connectivity index (χ2n) is 12.6. The maximum atomic E-state index is 13.2. The van der Waals surface area contributed by atoms with E-state index in [1.165, 1.54) is 56.9 Å². The van der Waals surface area contributed by atoms with Crippen LogP contribution in [0.25, 0.3) is 17.2 Å². The number of ketones is 2. The van der Waals surface area contributed by atoms with Crippen molar-refractivity contribution in [1.29, 1.82) is 0 Å². The lowest BCUT2D eigenvalue weighted by Gasteiger charge is -2.29. The molecule has 208 valence electrons. The van der Waals surface area contributed by atoms with Gasteiger partial charge >= 0.3 is 5.97 Å². The zero-order chi connectivity index (χ0) is 29.1. The number of aromatic nitrogens is 1. The van der Waals surface area contributed by atoms with Crippen LogP contribution in [0.5, 0.6) is 0 Å². The van der Waals surface area contributed by atoms with Gasteiger partial charge in [-0.05, 0) is 82.6 Å². The summed E-state index contributed by atoms with van der Waals surface area (Å²) in [6, 6.07) is 23.6. The maximum absolute atomic E-state index is 13.2. The predicted molar refractivity (Wildman–Crippen MR) is 162 cm³/mol. The SMILES string of the molecule is Cn1c(C(=O)O)cc2c1C(=O)/C(=C/c1ccc3c(c1)C1CCCC1N3c1ccc3c(c1)C(C)(C)c1ccccc1-3)C2=O. The normalized spacial score (nSPS) is 21.9. The molecule has 0 spiro atoms. The largest absolute Gasteiger partial charge is 0.477 e. The highest BCUT2D eigenvalue weighted by molar-refractivity contribution is 6.41. The van der Waals surface area contributed by atoms with Gasteiger partial charge in [-0.15, -0.1) is 0 Å². The van der Waals surface area contributed by atoms with Crippen molar-refractivity contribution in [3.8, 4) is 11.1 Å². The summed E-state index contributed by atoms with van der Waals surface area (Å²) >= 11 is 0. The fourth-order valence-corrected chi connectivity index (χ4v) is 8.07. The number of allylic oxidation sites excluding steroid dienone is 1. The van der Waals surface area contributed by atoms with Crippen molar-refractivity contribution in [3.05, 3.63) is 112 Å². The number of carboxylic acids is 1. The summed E-state index contributed by atoms with van der Waals surface area (Å²) in [5.41, 5.74) is 10.1. The molecule has 1 aliphatic heterocycles. The number of benzene rings is 3. The monoisotopic (exact) mass is 554 g/mol. The first-order chi connectivity index (χ1) is 20.2. The van der Waals surface area contributed by atoms with E-state index >= 15 is 0 Å². The van der Waals surface area contributed by atoms with Crippen molar-refractivity contribution in [1.82, 2.24) is 4.57 Å². The van der Waals surface area contributed by atoms with E-state index in [9.17, 15) is 19.5 Å². The van der Waals surface area contributed by atoms with Crippen molar-refractivity contribution >= 4 is 35.0 Å². The van der Waals surface area contributed by atoms with Gasteiger partial charge in [-0.25, -0.2) is 4.79 Å². The number of hydrogen-bond acceptors (Lipinski definition) is 4. The van der Waals surface area contributed by atoms with E-state index in [1.807, 2.05) is 6.07 Å². The van der Waals surface area contributed by atoms with Crippen LogP contribution in [0, 0.1) is 0 Å². The van der Waals surface area contributed by atoms with Crippen LogP contribution in [-0.4, -0.2) is 33.3 Å². The molecule has 2 heterocycles. The molecule has 2 atom stereocenters. The molecule has 1 fully saturated rings. The number of carbonyl (C=O) groups is 3. The molecule has 4 aliphatic rings. The van der Waals surface area contributed by atoms with Gasteiger partial charge in [-0.3, -0.25) is 9.59 Å². The highest BCUT2D eigenvalue weighted by Gasteiger charge is 2.44. The van der Waals surface area contributed by atoms with E-state index in [1.54, 1.807) is 6.08 Å². The van der Waals surface area contributed by atoms with Crippen LogP contribution in [-0.2, 0) is 12.5 Å². The number of anilines is 2. The zero-order valence-electron chi connectivity index (χ0n) is 23.8. The Hall–Kier alpha value is -4.71. The molecule has 1 aromatic heterocycles. The molecule has 2 unspecified atom stereocenters. The first kappa shape index (κ1) is 25.0. The number of hydrogen-bond donors (Lipinski definition) is 1. The van der Waals surface area contributed by atoms with Gasteiger partial charge in [-0.1, -0.05) is 56.7 Å². The molecule has 0 radical (unpaired) electrons. The topological polar surface area (TPSA) is 79.6 Å². The van der Waals surface area contributed by atoms with E-state index in [0.29, 0.717) is 12.0 Å². The number of carbonyl (C=O) groups excluding carboxylic acids is 2. The van der Waals surface area contributed by atoms with Crippen LogP contribution >= 0.6 is 0 Å². The van der Waals surface area contributed by atoms with Crippen molar-refractivity contribution < 1.29 is 19.5 Å². The van der Waals surface area contributed by atoms with E-state index in [-0.39, 0.29) is 27.9 Å². The second-order valence-corrected chi connectivity index (χ2v) is 12.6. The molecular formula is C36H30N2O4. The van der Waals surface area contributed by atoms with Gasteiger partial charge in [-0.2, -0.15) is 0 Å². The Bertz CT molecular complexity index is 1940. The van der Waals surface area contributed by atoms with E-state index in [4.69, 9.17) is 0 Å². The molecule has 42 heavy (non-hydrogen) atoms. The molecule has 8 rings (SSSR count). The summed E-state index contributed by atoms with van der Waals surface area (Å²) in [6.07, 6.45) is 5.07. The molecule has 0 saturated heterocycles. The Kier molecular flexibility index (Phi) is 5.02. The van der Waals surface area contributed by atoms with Crippen LogP contribution < -0.4 is 4.90 Å². The molecule has 0 bridgehead atoms. The van der Waals surface area contributed by atoms with Crippen molar-refractivity contribution in [2.75, 3.05) is 4.90 Å². The fraction of sp³-hybridized carbons (Fsp3) is 0.250. The maximum Gasteiger partial charge on any atom is 0.352 e. The van der Waals surface area contributed by atoms with Crippen LogP contribution in [0.2, 0.25) is 0 Å². The molecule has 6 nitrogen and oxygen atoms in total. The molecule has 4 aromatic rings. The average molecular weight is 555 g/mol. The van der Waals surface area contributed by atoms with Crippen LogP contribution in [0.15, 0.2) is 72.3 Å². The third-order valence-electron chi connectivity index (χ3n) is 10.1. The van der Waals surface area contributed by atoms with Gasteiger partial charge in [0.25, 0.3) is 0 Å². The molecule has 3 aliphatic carbocycles. The van der Waals surface area contributed by atoms with Gasteiger partial charge < -0.3 is 14.6 Å². The van der Waals surface area contributed by atoms with Gasteiger partial charge in [0.1, 0.15) is 11.4 Å². The van der Waals surface area contributed by atoms with Gasteiger partial charge in [0, 0.05) is 35.8 Å². The van der Waals surface area contributed by atoms with Crippen molar-refractivity contribution in [2.45, 2.75) is 50.5 Å². The first-order valence-electron chi connectivity index (χ1n) is 14.6. The third kappa shape index (κ3) is 3.18. The third-order valence-corrected chi connectivity index (χ3v) is 10.1. The zero-order valence-corrected chi connectivity index (χ0v) is 23.8. The van der Waals surface area contributed by atoms with Crippen LogP contribution in [0.1, 0.15) is 92.6 Å². The van der Waals surface area contributed by atoms with E-state index in [0.717, 1.165) is 24.8 Å². The van der Waals surface area contributed by atoms with Gasteiger partial charge in [0.2, 0.25) is 5.78 Å². The lowest BCUT2D eigenvalue weighted by atomic mass is 9.82. The van der Waals surface area contributed by atoms with Gasteiger partial charge in [0.15, 0.2) is 5.78 Å². The average Bonchev–Trinajstić information content (AvgIpc) is 3.75. The summed E-state index contributed by atoms with van der Waals surface area (Å²) < 4.78 is 1.30. The van der Waals surface area contributed by atoms with Gasteiger partial charge in [0.05, 0.1) is 11.1 Å². The Balaban J connectivity index is 1.18. The standard InChI is InChI=1S/C36H30N2O4/c1-36(2)27-9-5-4-7-21(27)22-13-12-20(17-28(22)36)38-29-10-6-8-23(29)24-15-19(11-14-30(24)38)16-26-33(39)25-18-31(35(41)42)37(3)32(25)34(26)40/h4-5,7,9,11-18,23,29H,6,8,10H2,1-3H3,(H,41,42)/b26-16+. The number of nitrogens with zero attached hydrogens (tertiary/aromatic N) is 2. The van der Waals surface area contributed by atoms with E-state index < -0.39 is 17.5 Å². The summed E-state index contributed by atoms with van der Waals surface area (Å²) in [5.74, 6) is -1.61. The first-order valence-corrected chi connectivity index (χ1v) is 14.6. The fourth-order valence-electron chi connectivity index (χ4n) is 8.07. The van der Waals surface area contributed by atoms with E-state index in [2.05, 4.69) is 73.3 Å². The molecular weight excluding hydrogens is 524 g/mol. The highest BCUT2D eigenvalue weighted by atomic mass is 16.4. The predicted octanol–water partition coefficient (Wildman–Crippen LogP) is 7.28. The van der Waals surface area contributed by atoms with Crippen molar-refractivity contribution in [2.24, 2.45) is 7.05 Å². The molecule has 6 heteroatoms. The number of Topliss-reactive ketones (excluding diaryl/α,β-unsaturated/α-hetero) is 2. The molecule has 1 N–H and O–H groups in total. The highest BCUT2D eigenvalue weighted by Crippen LogP contribution is 2.55. The number of aromatic carboxylic acids is 1. The summed E-state index contributed by atoms with van der Waals surface area (Å²) in [5, 5.41) is 9.42. The smallest absolute Gasteiger partial charge is 0.352 e. The minimum Gasteiger partial charge on any atom is -0.477 e. The Labute approximate surface area is 243 Å². The minimum atomic E-state index is -1.16. The van der Waals surface area contributed by atoms with Crippen LogP contribution in [0.4, 0.5) is 11.4 Å². The summed E-state index contributed by atoms with van der Waals surface area (Å²) in [7, 11) is 1.51. The Morgan fingerprint density at radius 1 is 0.905 bits per heavy atom. The lowest BCUT2D eigenvalue weighted by Crippen LogP contribution is -2.27. The molecule has 0 amide bonds. The van der Waals surface area contributed by atoms with Crippen molar-refractivity contribution in [3.63, 3.8) is 0 Å². The molecule has 3 aromatic carbocycles. The minimum absolute atomic E-state index is 0.0653. The summed E-state index contributed by atoms with van der Waals surface area (Å²) in [4.78, 5) is 40.4. The Morgan fingerprint density at radius 3 is 2.48 bits per heavy atom. The second kappa shape index (κ2) is 8.41. The number of rotatable bonds is 3. The Morgan fingerprint density at radius 2 is 1.69 bits per heavy atom. The lowest BCUT2D eigenvalue weighted by molar-refractivity contribution is 0.0686. The molecule has 1 saturated carbocycles. The number of carboxylic acid groups (broad SMARTS) is 1. The summed E-state index contributed by atoms with van der Waals surface area (Å²) in [6.45, 7) is 4.62. The number of fused-ring (bicyclic) bond motifs is 7. The van der Waals surface area contributed by atoms with Crippen LogP contribution in [0.3, 0.4) is 0 Å².